The summed E-state index contributed by atoms with van der Waals surface area (Å²) in [5, 5.41) is 12.7. The van der Waals surface area contributed by atoms with E-state index in [1.165, 1.54) is 12.1 Å². The largest absolute Gasteiger partial charge is 0.389 e. The van der Waals surface area contributed by atoms with Gasteiger partial charge < -0.3 is 10.4 Å². The summed E-state index contributed by atoms with van der Waals surface area (Å²) in [6.07, 6.45) is 0.580. The summed E-state index contributed by atoms with van der Waals surface area (Å²) in [5.41, 5.74) is -0.966. The monoisotopic (exact) mass is 271 g/mol. The molecule has 0 amide bonds. The van der Waals surface area contributed by atoms with Crippen molar-refractivity contribution in [3.05, 3.63) is 35.9 Å². The third-order valence-electron chi connectivity index (χ3n) is 2.90. The third-order valence-corrected chi connectivity index (χ3v) is 2.90. The minimum absolute atomic E-state index is 0.00833. The van der Waals surface area contributed by atoms with E-state index in [1.54, 1.807) is 25.1 Å². The van der Waals surface area contributed by atoms with E-state index in [9.17, 15) is 13.9 Å². The average Bonchev–Trinajstić information content (AvgIpc) is 2.27. The third kappa shape index (κ3) is 5.66. The number of hydrogen-bond donors (Lipinski definition) is 2. The van der Waals surface area contributed by atoms with Crippen molar-refractivity contribution >= 4 is 0 Å². The molecule has 0 fully saturated rings. The molecule has 0 saturated carbocycles. The number of hydrogen-bond acceptors (Lipinski definition) is 2. The number of halogens is 2. The zero-order chi connectivity index (χ0) is 14.5. The maximum absolute atomic E-state index is 13.8. The van der Waals surface area contributed by atoms with Gasteiger partial charge in [0.15, 0.2) is 0 Å². The summed E-state index contributed by atoms with van der Waals surface area (Å²) in [5.74, 6) is -2.60. The lowest BCUT2D eigenvalue weighted by atomic mass is 9.94. The van der Waals surface area contributed by atoms with Crippen molar-refractivity contribution in [2.45, 2.75) is 38.7 Å². The second-order valence-electron chi connectivity index (χ2n) is 5.77. The van der Waals surface area contributed by atoms with E-state index < -0.39 is 18.1 Å². The molecule has 19 heavy (non-hydrogen) atoms. The van der Waals surface area contributed by atoms with Gasteiger partial charge in [-0.1, -0.05) is 44.2 Å². The van der Waals surface area contributed by atoms with Crippen LogP contribution in [0.5, 0.6) is 0 Å². The Hall–Kier alpha value is -1.00. The van der Waals surface area contributed by atoms with Crippen molar-refractivity contribution < 1.29 is 13.9 Å². The van der Waals surface area contributed by atoms with Gasteiger partial charge in [-0.15, -0.1) is 0 Å². The normalized spacial score (nSPS) is 15.5. The molecule has 1 rings (SSSR count). The summed E-state index contributed by atoms with van der Waals surface area (Å²) in [7, 11) is 0. The summed E-state index contributed by atoms with van der Waals surface area (Å²) in [6, 6.07) is 7.72. The average molecular weight is 271 g/mol. The molecule has 108 valence electrons. The highest BCUT2D eigenvalue weighted by Gasteiger charge is 2.32. The summed E-state index contributed by atoms with van der Waals surface area (Å²) in [6.45, 7) is 5.35. The molecule has 1 aromatic carbocycles. The van der Waals surface area contributed by atoms with Crippen LogP contribution in [-0.4, -0.2) is 23.8 Å². The van der Waals surface area contributed by atoms with Gasteiger partial charge >= 0.3 is 0 Å². The van der Waals surface area contributed by atoms with Gasteiger partial charge in [-0.05, 0) is 19.3 Å². The van der Waals surface area contributed by atoms with Gasteiger partial charge in [0, 0.05) is 12.1 Å². The predicted molar refractivity (Wildman–Crippen MR) is 73.3 cm³/mol. The Morgan fingerprint density at radius 3 is 2.26 bits per heavy atom. The van der Waals surface area contributed by atoms with Gasteiger partial charge in [-0.25, -0.2) is 0 Å². The zero-order valence-corrected chi connectivity index (χ0v) is 11.8. The summed E-state index contributed by atoms with van der Waals surface area (Å²) >= 11 is 0. The number of aliphatic hydroxyl groups is 1. The zero-order valence-electron chi connectivity index (χ0n) is 11.8. The second kappa shape index (κ2) is 6.44. The van der Waals surface area contributed by atoms with Crippen LogP contribution in [0.25, 0.3) is 0 Å². The Bertz CT molecular complexity index is 377. The molecule has 2 N–H and O–H groups in total. The highest BCUT2D eigenvalue weighted by Crippen LogP contribution is 2.26. The standard InChI is InChI=1S/C15H23F2NO/c1-12(2)9-14(3,19)10-18-11-15(16,17)13-7-5-4-6-8-13/h4-8,12,18-19H,9-11H2,1-3H3. The molecule has 0 saturated heterocycles. The van der Waals surface area contributed by atoms with Crippen molar-refractivity contribution in [1.82, 2.24) is 5.32 Å². The van der Waals surface area contributed by atoms with E-state index in [2.05, 4.69) is 5.32 Å². The number of rotatable bonds is 7. The fourth-order valence-electron chi connectivity index (χ4n) is 2.22. The van der Waals surface area contributed by atoms with Crippen LogP contribution in [0.15, 0.2) is 30.3 Å². The Labute approximate surface area is 113 Å². The summed E-state index contributed by atoms with van der Waals surface area (Å²) in [4.78, 5) is 0. The quantitative estimate of drug-likeness (QED) is 0.798. The van der Waals surface area contributed by atoms with Gasteiger partial charge in [-0.3, -0.25) is 0 Å². The van der Waals surface area contributed by atoms with Crippen molar-refractivity contribution in [2.24, 2.45) is 5.92 Å². The predicted octanol–water partition coefficient (Wildman–Crippen LogP) is 3.17. The molecule has 0 aromatic heterocycles. The molecule has 1 atom stereocenters. The minimum atomic E-state index is -2.92. The van der Waals surface area contributed by atoms with E-state index >= 15 is 0 Å². The summed E-state index contributed by atoms with van der Waals surface area (Å²) < 4.78 is 27.7. The van der Waals surface area contributed by atoms with Crippen LogP contribution in [0, 0.1) is 5.92 Å². The molecule has 1 unspecified atom stereocenters. The molecular weight excluding hydrogens is 248 g/mol. The van der Waals surface area contributed by atoms with Crippen molar-refractivity contribution in [3.8, 4) is 0 Å². The van der Waals surface area contributed by atoms with E-state index in [1.807, 2.05) is 13.8 Å². The van der Waals surface area contributed by atoms with Gasteiger partial charge in [-0.2, -0.15) is 8.78 Å². The number of nitrogens with one attached hydrogen (secondary N) is 1. The van der Waals surface area contributed by atoms with Crippen molar-refractivity contribution in [2.75, 3.05) is 13.1 Å². The Morgan fingerprint density at radius 2 is 1.74 bits per heavy atom. The first-order chi connectivity index (χ1) is 8.73. The van der Waals surface area contributed by atoms with Crippen molar-refractivity contribution in [3.63, 3.8) is 0 Å². The number of alkyl halides is 2. The topological polar surface area (TPSA) is 32.3 Å². The van der Waals surface area contributed by atoms with E-state index in [4.69, 9.17) is 0 Å². The van der Waals surface area contributed by atoms with Crippen LogP contribution in [0.4, 0.5) is 8.78 Å². The maximum Gasteiger partial charge on any atom is 0.285 e. The Morgan fingerprint density at radius 1 is 1.16 bits per heavy atom. The first-order valence-electron chi connectivity index (χ1n) is 6.59. The number of benzene rings is 1. The molecule has 0 aliphatic rings. The second-order valence-corrected chi connectivity index (χ2v) is 5.77. The lowest BCUT2D eigenvalue weighted by Crippen LogP contribution is -2.42. The van der Waals surface area contributed by atoms with Crippen LogP contribution < -0.4 is 5.32 Å². The van der Waals surface area contributed by atoms with Gasteiger partial charge in [0.05, 0.1) is 12.1 Å². The van der Waals surface area contributed by atoms with Crippen molar-refractivity contribution in [1.29, 1.82) is 0 Å². The van der Waals surface area contributed by atoms with Crippen LogP contribution in [0.3, 0.4) is 0 Å². The molecule has 0 bridgehead atoms. The van der Waals surface area contributed by atoms with E-state index in [0.717, 1.165) is 0 Å². The van der Waals surface area contributed by atoms with Gasteiger partial charge in [0.25, 0.3) is 5.92 Å². The van der Waals surface area contributed by atoms with Gasteiger partial charge in [0.2, 0.25) is 0 Å². The molecule has 0 spiro atoms. The molecule has 2 nitrogen and oxygen atoms in total. The SMILES string of the molecule is CC(C)CC(C)(O)CNCC(F)(F)c1ccccc1. The molecule has 4 heteroatoms. The van der Waals surface area contributed by atoms with Crippen LogP contribution in [0.1, 0.15) is 32.8 Å². The lowest BCUT2D eigenvalue weighted by molar-refractivity contribution is -0.0148. The molecule has 0 radical (unpaired) electrons. The molecule has 0 heterocycles. The Kier molecular flexibility index (Phi) is 5.44. The molecular formula is C15H23F2NO. The highest BCUT2D eigenvalue weighted by atomic mass is 19.3. The fourth-order valence-corrected chi connectivity index (χ4v) is 2.22. The van der Waals surface area contributed by atoms with Crippen LogP contribution in [0.2, 0.25) is 0 Å². The van der Waals surface area contributed by atoms with E-state index in [-0.39, 0.29) is 12.1 Å². The molecule has 0 aliphatic heterocycles. The lowest BCUT2D eigenvalue weighted by Gasteiger charge is -2.27. The molecule has 1 aromatic rings. The minimum Gasteiger partial charge on any atom is -0.389 e. The smallest absolute Gasteiger partial charge is 0.285 e. The molecule has 0 aliphatic carbocycles. The maximum atomic E-state index is 13.8. The first kappa shape index (κ1) is 16.1. The highest BCUT2D eigenvalue weighted by molar-refractivity contribution is 5.20. The van der Waals surface area contributed by atoms with E-state index in [0.29, 0.717) is 12.3 Å². The van der Waals surface area contributed by atoms with Crippen LogP contribution >= 0.6 is 0 Å². The fraction of sp³-hybridized carbons (Fsp3) is 0.600. The Balaban J connectivity index is 2.48. The van der Waals surface area contributed by atoms with Crippen LogP contribution in [-0.2, 0) is 5.92 Å². The first-order valence-corrected chi connectivity index (χ1v) is 6.59. The van der Waals surface area contributed by atoms with Gasteiger partial charge in [0.1, 0.15) is 0 Å².